The van der Waals surface area contributed by atoms with Crippen LogP contribution in [0.1, 0.15) is 128 Å². The number of rotatable bonds is 30. The highest BCUT2D eigenvalue weighted by atomic mass is 31.2. The number of hydrogen-bond donors (Lipinski definition) is 4. The van der Waals surface area contributed by atoms with Crippen molar-refractivity contribution in [2.45, 2.75) is 153 Å². The molecule has 56 heavy (non-hydrogen) atoms. The van der Waals surface area contributed by atoms with E-state index in [-0.39, 0.29) is 24.8 Å². The van der Waals surface area contributed by atoms with Gasteiger partial charge in [-0.25, -0.2) is 13.9 Å². The molecule has 4 rings (SSSR count). The number of anilines is 2. The number of phosphoric acid groups is 1. The summed E-state index contributed by atoms with van der Waals surface area (Å²) in [6.07, 6.45) is 18.3. The van der Waals surface area contributed by atoms with E-state index in [0.29, 0.717) is 17.8 Å². The molecule has 0 saturated carbocycles. The number of aliphatic hydroxyl groups excluding tert-OH is 1. The second-order valence-corrected chi connectivity index (χ2v) is 16.3. The van der Waals surface area contributed by atoms with Crippen LogP contribution >= 0.6 is 7.82 Å². The van der Waals surface area contributed by atoms with Gasteiger partial charge < -0.3 is 35.3 Å². The molecule has 0 amide bonds. The number of alkyl halides is 1. The smallest absolute Gasteiger partial charge is 0.387 e. The fourth-order valence-electron chi connectivity index (χ4n) is 6.82. The van der Waals surface area contributed by atoms with Crippen LogP contribution in [0.4, 0.5) is 16.2 Å². The SMILES string of the molecule is CCCCCCCCCOCCCCCCCCCC[C@H](COP(=O)(O)OC[C@H]1O[C@@H](n2cnc3c(NC)nc(N)nc32)[C@](C)(F)C1O)OCc1cccnc1. The second-order valence-electron chi connectivity index (χ2n) is 14.8. The third-order valence-electron chi connectivity index (χ3n) is 10.1. The van der Waals surface area contributed by atoms with E-state index in [4.69, 9.17) is 29.0 Å². The van der Waals surface area contributed by atoms with Crippen LogP contribution in [0.2, 0.25) is 0 Å². The molecule has 1 aliphatic heterocycles. The van der Waals surface area contributed by atoms with Crippen molar-refractivity contribution in [1.29, 1.82) is 0 Å². The maximum atomic E-state index is 16.0. The summed E-state index contributed by atoms with van der Waals surface area (Å²) in [6, 6.07) is 3.70. The lowest BCUT2D eigenvalue weighted by Gasteiger charge is -2.24. The standard InChI is InChI=1S/C39H65FN7O8P/c1-4-5-6-7-11-14-17-23-51-24-18-15-12-9-8-10-13-16-21-31(52-26-30-20-19-22-43-25-30)27-53-56(49,50)54-28-32-34(48)39(2,40)37(55-32)47-29-44-33-35(42-3)45-38(41)46-36(33)47/h19-20,22,25,29,31-32,34,37,48H,4-18,21,23-24,26-28H2,1-3H3,(H,49,50)(H3,41,42,45,46)/t31-,32-,34?,37-,39-/m1/s1. The Kier molecular flexibility index (Phi) is 19.8. The van der Waals surface area contributed by atoms with Gasteiger partial charge in [0.05, 0.1) is 32.3 Å². The molecule has 2 unspecified atom stereocenters. The number of nitrogens with two attached hydrogens (primary N) is 1. The van der Waals surface area contributed by atoms with E-state index in [1.54, 1.807) is 19.4 Å². The highest BCUT2D eigenvalue weighted by Crippen LogP contribution is 2.47. The van der Waals surface area contributed by atoms with Crippen molar-refractivity contribution in [3.8, 4) is 0 Å². The van der Waals surface area contributed by atoms with Crippen LogP contribution in [0.3, 0.4) is 0 Å². The average molecular weight is 810 g/mol. The predicted molar refractivity (Wildman–Crippen MR) is 214 cm³/mol. The number of nitrogens with one attached hydrogen (secondary N) is 1. The van der Waals surface area contributed by atoms with Crippen molar-refractivity contribution >= 4 is 30.8 Å². The molecule has 316 valence electrons. The minimum atomic E-state index is -4.66. The highest BCUT2D eigenvalue weighted by Gasteiger charge is 2.56. The van der Waals surface area contributed by atoms with Crippen molar-refractivity contribution in [2.24, 2.45) is 0 Å². The summed E-state index contributed by atoms with van der Waals surface area (Å²) in [6.45, 7) is 4.57. The van der Waals surface area contributed by atoms with Crippen molar-refractivity contribution in [3.63, 3.8) is 0 Å². The molecule has 0 bridgehead atoms. The third kappa shape index (κ3) is 14.8. The minimum absolute atomic E-state index is 0.0693. The topological polar surface area (TPSA) is 198 Å². The van der Waals surface area contributed by atoms with E-state index in [1.807, 2.05) is 12.1 Å². The molecule has 0 radical (unpaired) electrons. The molecule has 0 aromatic carbocycles. The summed E-state index contributed by atoms with van der Waals surface area (Å²) >= 11 is 0. The average Bonchev–Trinajstić information content (AvgIpc) is 3.70. The first-order valence-electron chi connectivity index (χ1n) is 20.5. The van der Waals surface area contributed by atoms with E-state index in [2.05, 4.69) is 32.2 Å². The van der Waals surface area contributed by atoms with Crippen molar-refractivity contribution in [2.75, 3.05) is 44.5 Å². The minimum Gasteiger partial charge on any atom is -0.387 e. The van der Waals surface area contributed by atoms with Gasteiger partial charge in [0.25, 0.3) is 0 Å². The van der Waals surface area contributed by atoms with Gasteiger partial charge >= 0.3 is 7.82 Å². The number of phosphoric ester groups is 1. The Balaban J connectivity index is 1.16. The molecule has 0 spiro atoms. The third-order valence-corrected chi connectivity index (χ3v) is 11.1. The molecule has 3 aromatic rings. The van der Waals surface area contributed by atoms with Gasteiger partial charge in [0.1, 0.15) is 12.2 Å². The molecular weight excluding hydrogens is 744 g/mol. The fraction of sp³-hybridized carbons (Fsp3) is 0.744. The first-order chi connectivity index (χ1) is 27.1. The van der Waals surface area contributed by atoms with Gasteiger partial charge in [-0.3, -0.25) is 18.6 Å². The second kappa shape index (κ2) is 24.2. The molecular formula is C39H65FN7O8P. The number of pyridine rings is 1. The van der Waals surface area contributed by atoms with E-state index in [9.17, 15) is 14.6 Å². The fourth-order valence-corrected chi connectivity index (χ4v) is 7.59. The number of fused-ring (bicyclic) bond motifs is 1. The Morgan fingerprint density at radius 1 is 1.02 bits per heavy atom. The maximum Gasteiger partial charge on any atom is 0.472 e. The Labute approximate surface area is 331 Å². The molecule has 5 N–H and O–H groups in total. The van der Waals surface area contributed by atoms with Gasteiger partial charge in [-0.05, 0) is 37.8 Å². The molecule has 6 atom stereocenters. The summed E-state index contributed by atoms with van der Waals surface area (Å²) in [5.41, 5.74) is 4.86. The monoisotopic (exact) mass is 809 g/mol. The summed E-state index contributed by atoms with van der Waals surface area (Å²) in [4.78, 5) is 27.2. The quantitative estimate of drug-likeness (QED) is 0.0375. The van der Waals surface area contributed by atoms with E-state index < -0.39 is 44.6 Å². The molecule has 15 nitrogen and oxygen atoms in total. The van der Waals surface area contributed by atoms with Gasteiger partial charge in [0.2, 0.25) is 5.95 Å². The van der Waals surface area contributed by atoms with E-state index in [0.717, 1.165) is 57.8 Å². The van der Waals surface area contributed by atoms with Crippen LogP contribution in [0.5, 0.6) is 0 Å². The highest BCUT2D eigenvalue weighted by molar-refractivity contribution is 7.47. The van der Waals surface area contributed by atoms with Crippen LogP contribution in [-0.2, 0) is 34.4 Å². The molecule has 1 aliphatic rings. The van der Waals surface area contributed by atoms with Crippen LogP contribution < -0.4 is 11.1 Å². The summed E-state index contributed by atoms with van der Waals surface area (Å²) < 4.78 is 58.6. The molecule has 17 heteroatoms. The maximum absolute atomic E-state index is 16.0. The normalized spacial score (nSPS) is 21.4. The molecule has 1 fully saturated rings. The zero-order valence-corrected chi connectivity index (χ0v) is 34.4. The van der Waals surface area contributed by atoms with Gasteiger partial charge in [-0.1, -0.05) is 96.5 Å². The van der Waals surface area contributed by atoms with Crippen molar-refractivity contribution in [1.82, 2.24) is 24.5 Å². The summed E-state index contributed by atoms with van der Waals surface area (Å²) in [5, 5.41) is 13.7. The number of halogens is 1. The Morgan fingerprint density at radius 3 is 2.32 bits per heavy atom. The molecule has 0 aliphatic carbocycles. The first-order valence-corrected chi connectivity index (χ1v) is 22.0. The zero-order chi connectivity index (χ0) is 40.2. The van der Waals surface area contributed by atoms with E-state index >= 15 is 4.39 Å². The lowest BCUT2D eigenvalue weighted by Crippen LogP contribution is -2.40. The summed E-state index contributed by atoms with van der Waals surface area (Å²) in [5.74, 6) is 0.267. The number of aliphatic hydroxyl groups is 1. The number of imidazole rings is 1. The Bertz CT molecular complexity index is 1590. The van der Waals surface area contributed by atoms with Crippen LogP contribution in [0.25, 0.3) is 11.2 Å². The molecule has 4 heterocycles. The largest absolute Gasteiger partial charge is 0.472 e. The van der Waals surface area contributed by atoms with Gasteiger partial charge in [0.15, 0.2) is 28.9 Å². The number of hydrogen-bond acceptors (Lipinski definition) is 13. The van der Waals surface area contributed by atoms with Gasteiger partial charge in [0, 0.05) is 32.7 Å². The van der Waals surface area contributed by atoms with Crippen LogP contribution in [-0.4, -0.2) is 92.0 Å². The van der Waals surface area contributed by atoms with Crippen molar-refractivity contribution in [3.05, 3.63) is 36.4 Å². The van der Waals surface area contributed by atoms with Gasteiger partial charge in [-0.2, -0.15) is 9.97 Å². The van der Waals surface area contributed by atoms with Crippen LogP contribution in [0, 0.1) is 0 Å². The molecule has 1 saturated heterocycles. The number of ether oxygens (including phenoxy) is 3. The van der Waals surface area contributed by atoms with E-state index in [1.165, 1.54) is 75.1 Å². The first kappa shape index (κ1) is 45.9. The van der Waals surface area contributed by atoms with Gasteiger partial charge in [-0.15, -0.1) is 0 Å². The number of aromatic nitrogens is 5. The lowest BCUT2D eigenvalue weighted by atomic mass is 9.98. The predicted octanol–water partition coefficient (Wildman–Crippen LogP) is 7.83. The van der Waals surface area contributed by atoms with Crippen molar-refractivity contribution < 1.29 is 42.2 Å². The summed E-state index contributed by atoms with van der Waals surface area (Å²) in [7, 11) is -3.03. The number of nitrogens with zero attached hydrogens (tertiary/aromatic N) is 5. The lowest BCUT2D eigenvalue weighted by molar-refractivity contribution is -0.0585. The number of nitrogen functional groups attached to an aromatic ring is 1. The zero-order valence-electron chi connectivity index (χ0n) is 33.5. The van der Waals surface area contributed by atoms with Crippen LogP contribution in [0.15, 0.2) is 30.9 Å². The Morgan fingerprint density at radius 2 is 1.68 bits per heavy atom. The molecule has 3 aromatic heterocycles. The Hall–Kier alpha value is -2.82. The number of unbranched alkanes of at least 4 members (excludes halogenated alkanes) is 13.